The van der Waals surface area contributed by atoms with Crippen LogP contribution in [0.1, 0.15) is 40.1 Å². The monoisotopic (exact) mass is 404 g/mol. The third-order valence-electron chi connectivity index (χ3n) is 4.27. The van der Waals surface area contributed by atoms with Crippen LogP contribution in [0.3, 0.4) is 0 Å². The van der Waals surface area contributed by atoms with Crippen molar-refractivity contribution in [2.45, 2.75) is 26.4 Å². The van der Waals surface area contributed by atoms with Gasteiger partial charge < -0.3 is 15.4 Å². The molecule has 0 aliphatic heterocycles. The maximum Gasteiger partial charge on any atom is 0.337 e. The minimum Gasteiger partial charge on any atom is -0.465 e. The van der Waals surface area contributed by atoms with Crippen LogP contribution >= 0.6 is 0 Å². The minimum atomic E-state index is -1.00. The normalized spacial score (nSPS) is 11.7. The number of ether oxygens (including phenoxy) is 1. The van der Waals surface area contributed by atoms with E-state index in [2.05, 4.69) is 15.4 Å². The molecular weight excluding hydrogens is 382 g/mol. The summed E-state index contributed by atoms with van der Waals surface area (Å²) in [6, 6.07) is 8.55. The van der Waals surface area contributed by atoms with Gasteiger partial charge in [-0.05, 0) is 35.7 Å². The summed E-state index contributed by atoms with van der Waals surface area (Å²) in [4.78, 5) is 36.3. The van der Waals surface area contributed by atoms with Crippen molar-refractivity contribution in [2.75, 3.05) is 7.11 Å². The van der Waals surface area contributed by atoms with E-state index in [4.69, 9.17) is 0 Å². The molecule has 0 fully saturated rings. The molecule has 1 unspecified atom stereocenters. The lowest BCUT2D eigenvalue weighted by Gasteiger charge is -2.22. The average Bonchev–Trinajstić information content (AvgIpc) is 2.69. The zero-order valence-corrected chi connectivity index (χ0v) is 16.3. The van der Waals surface area contributed by atoms with Gasteiger partial charge in [-0.2, -0.15) is 0 Å². The number of rotatable bonds is 7. The molecule has 6 nitrogen and oxygen atoms in total. The SMILES string of the molecule is COC(=O)c1ccc(CNC(=O)C(NC(=O)c2c(F)cccc2F)C(C)C)cc1. The van der Waals surface area contributed by atoms with Crippen LogP contribution in [0.5, 0.6) is 0 Å². The molecule has 2 rings (SSSR count). The second-order valence-electron chi connectivity index (χ2n) is 6.70. The van der Waals surface area contributed by atoms with Gasteiger partial charge in [0.15, 0.2) is 0 Å². The van der Waals surface area contributed by atoms with E-state index in [-0.39, 0.29) is 12.5 Å². The Kier molecular flexibility index (Phi) is 7.41. The van der Waals surface area contributed by atoms with Gasteiger partial charge >= 0.3 is 5.97 Å². The number of halogens is 2. The first kappa shape index (κ1) is 22.0. The number of nitrogens with one attached hydrogen (secondary N) is 2. The van der Waals surface area contributed by atoms with Crippen LogP contribution in [0.15, 0.2) is 42.5 Å². The maximum absolute atomic E-state index is 13.8. The fraction of sp³-hybridized carbons (Fsp3) is 0.286. The molecule has 0 aromatic heterocycles. The van der Waals surface area contributed by atoms with Crippen molar-refractivity contribution < 1.29 is 27.9 Å². The van der Waals surface area contributed by atoms with Crippen molar-refractivity contribution in [1.82, 2.24) is 10.6 Å². The number of amides is 2. The first-order valence-corrected chi connectivity index (χ1v) is 8.94. The lowest BCUT2D eigenvalue weighted by Crippen LogP contribution is -2.49. The van der Waals surface area contributed by atoms with Crippen LogP contribution in [0.25, 0.3) is 0 Å². The predicted octanol–water partition coefficient (Wildman–Crippen LogP) is 2.82. The van der Waals surface area contributed by atoms with E-state index in [1.54, 1.807) is 38.1 Å². The van der Waals surface area contributed by atoms with E-state index in [1.807, 2.05) is 0 Å². The van der Waals surface area contributed by atoms with Gasteiger partial charge in [-0.15, -0.1) is 0 Å². The Bertz CT molecular complexity index is 878. The fourth-order valence-corrected chi connectivity index (χ4v) is 2.64. The van der Waals surface area contributed by atoms with Crippen LogP contribution in [-0.4, -0.2) is 30.9 Å². The molecule has 2 aromatic carbocycles. The molecule has 154 valence electrons. The Labute approximate surface area is 167 Å². The molecule has 0 saturated carbocycles. The third kappa shape index (κ3) is 5.60. The van der Waals surface area contributed by atoms with Crippen molar-refractivity contribution in [2.24, 2.45) is 5.92 Å². The lowest BCUT2D eigenvalue weighted by molar-refractivity contribution is -0.124. The molecule has 2 aromatic rings. The summed E-state index contributed by atoms with van der Waals surface area (Å²) in [7, 11) is 1.28. The number of esters is 1. The van der Waals surface area contributed by atoms with Gasteiger partial charge in [-0.1, -0.05) is 32.0 Å². The Morgan fingerprint density at radius 3 is 2.10 bits per heavy atom. The van der Waals surface area contributed by atoms with E-state index in [0.717, 1.165) is 23.8 Å². The summed E-state index contributed by atoms with van der Waals surface area (Å²) in [5.41, 5.74) is 0.367. The highest BCUT2D eigenvalue weighted by Crippen LogP contribution is 2.13. The number of benzene rings is 2. The standard InChI is InChI=1S/C21H22F2N2O4/c1-12(2)18(25-19(26)17-15(22)5-4-6-16(17)23)20(27)24-11-13-7-9-14(10-8-13)21(28)29-3/h4-10,12,18H,11H2,1-3H3,(H,24,27)(H,25,26). The van der Waals surface area contributed by atoms with E-state index in [0.29, 0.717) is 5.56 Å². The summed E-state index contributed by atoms with van der Waals surface area (Å²) in [6.45, 7) is 3.55. The summed E-state index contributed by atoms with van der Waals surface area (Å²) in [5.74, 6) is -4.30. The molecule has 0 aliphatic carbocycles. The summed E-state index contributed by atoms with van der Waals surface area (Å²) < 4.78 is 32.2. The van der Waals surface area contributed by atoms with Gasteiger partial charge in [0.25, 0.3) is 5.91 Å². The fourth-order valence-electron chi connectivity index (χ4n) is 2.64. The molecule has 2 amide bonds. The highest BCUT2D eigenvalue weighted by molar-refractivity contribution is 5.98. The Balaban J connectivity index is 2.04. The first-order chi connectivity index (χ1) is 13.7. The molecule has 0 radical (unpaired) electrons. The van der Waals surface area contributed by atoms with E-state index in [9.17, 15) is 23.2 Å². The van der Waals surface area contributed by atoms with Crippen molar-refractivity contribution in [1.29, 1.82) is 0 Å². The van der Waals surface area contributed by atoms with Gasteiger partial charge in [0.05, 0.1) is 12.7 Å². The number of carbonyl (C=O) groups is 3. The highest BCUT2D eigenvalue weighted by Gasteiger charge is 2.27. The van der Waals surface area contributed by atoms with Crippen molar-refractivity contribution in [3.63, 3.8) is 0 Å². The quantitative estimate of drug-likeness (QED) is 0.695. The van der Waals surface area contributed by atoms with Crippen LogP contribution in [0, 0.1) is 17.6 Å². The number of methoxy groups -OCH3 is 1. The van der Waals surface area contributed by atoms with Gasteiger partial charge in [-0.25, -0.2) is 13.6 Å². The van der Waals surface area contributed by atoms with Crippen LogP contribution < -0.4 is 10.6 Å². The molecule has 0 aliphatic rings. The summed E-state index contributed by atoms with van der Waals surface area (Å²) in [6.07, 6.45) is 0. The molecule has 8 heteroatoms. The van der Waals surface area contributed by atoms with Crippen LogP contribution in [0.4, 0.5) is 8.78 Å². The lowest BCUT2D eigenvalue weighted by atomic mass is 10.0. The average molecular weight is 404 g/mol. The summed E-state index contributed by atoms with van der Waals surface area (Å²) in [5, 5.41) is 5.06. The van der Waals surface area contributed by atoms with Gasteiger partial charge in [-0.3, -0.25) is 9.59 Å². The largest absolute Gasteiger partial charge is 0.465 e. The Morgan fingerprint density at radius 1 is 1.00 bits per heavy atom. The molecular formula is C21H22F2N2O4. The van der Waals surface area contributed by atoms with E-state index in [1.165, 1.54) is 7.11 Å². The molecule has 0 saturated heterocycles. The Morgan fingerprint density at radius 2 is 1.59 bits per heavy atom. The second-order valence-corrected chi connectivity index (χ2v) is 6.70. The highest BCUT2D eigenvalue weighted by atomic mass is 19.1. The third-order valence-corrected chi connectivity index (χ3v) is 4.27. The van der Waals surface area contributed by atoms with Gasteiger partial charge in [0, 0.05) is 6.54 Å². The molecule has 0 spiro atoms. The Hall–Kier alpha value is -3.29. The van der Waals surface area contributed by atoms with Crippen LogP contribution in [0.2, 0.25) is 0 Å². The maximum atomic E-state index is 13.8. The topological polar surface area (TPSA) is 84.5 Å². The molecule has 1 atom stereocenters. The van der Waals surface area contributed by atoms with Gasteiger partial charge in [0.2, 0.25) is 5.91 Å². The van der Waals surface area contributed by atoms with Crippen molar-refractivity contribution in [3.8, 4) is 0 Å². The summed E-state index contributed by atoms with van der Waals surface area (Å²) >= 11 is 0. The van der Waals surface area contributed by atoms with Crippen LogP contribution in [-0.2, 0) is 16.1 Å². The van der Waals surface area contributed by atoms with E-state index < -0.39 is 41.0 Å². The zero-order valence-electron chi connectivity index (χ0n) is 16.3. The second kappa shape index (κ2) is 9.77. The molecule has 0 heterocycles. The number of hydrogen-bond acceptors (Lipinski definition) is 4. The number of carbonyl (C=O) groups excluding carboxylic acids is 3. The van der Waals surface area contributed by atoms with E-state index >= 15 is 0 Å². The number of hydrogen-bond donors (Lipinski definition) is 2. The van der Waals surface area contributed by atoms with Crippen molar-refractivity contribution >= 4 is 17.8 Å². The zero-order chi connectivity index (χ0) is 21.6. The molecule has 29 heavy (non-hydrogen) atoms. The van der Waals surface area contributed by atoms with Gasteiger partial charge in [0.1, 0.15) is 23.2 Å². The predicted molar refractivity (Wildman–Crippen MR) is 102 cm³/mol. The first-order valence-electron chi connectivity index (χ1n) is 8.94. The molecule has 0 bridgehead atoms. The van der Waals surface area contributed by atoms with Crippen molar-refractivity contribution in [3.05, 3.63) is 70.8 Å². The molecule has 2 N–H and O–H groups in total. The minimum absolute atomic E-state index is 0.146. The smallest absolute Gasteiger partial charge is 0.337 e.